The van der Waals surface area contributed by atoms with E-state index >= 15 is 0 Å². The van der Waals surface area contributed by atoms with E-state index in [0.717, 1.165) is 25.9 Å². The zero-order chi connectivity index (χ0) is 10.7. The van der Waals surface area contributed by atoms with Crippen LogP contribution in [0.3, 0.4) is 0 Å². The summed E-state index contributed by atoms with van der Waals surface area (Å²) in [6.45, 7) is 2.04. The van der Waals surface area contributed by atoms with Crippen LogP contribution >= 0.6 is 12.4 Å². The monoisotopic (exact) mass is 246 g/mol. The van der Waals surface area contributed by atoms with E-state index < -0.39 is 0 Å². The van der Waals surface area contributed by atoms with Gasteiger partial charge in [-0.25, -0.2) is 0 Å². The molecule has 0 unspecified atom stereocenters. The number of hydrogen-bond donors (Lipinski definition) is 1. The summed E-state index contributed by atoms with van der Waals surface area (Å²) in [4.78, 5) is 14.0. The maximum atomic E-state index is 12.0. The Bertz CT molecular complexity index is 223. The van der Waals surface area contributed by atoms with Crippen molar-refractivity contribution in [3.8, 4) is 0 Å². The van der Waals surface area contributed by atoms with Gasteiger partial charge in [0, 0.05) is 26.1 Å². The molecule has 1 saturated heterocycles. The second-order valence-electron chi connectivity index (χ2n) is 5.01. The number of rotatable bonds is 3. The lowest BCUT2D eigenvalue weighted by molar-refractivity contribution is -0.132. The minimum Gasteiger partial charge on any atom is -0.341 e. The molecule has 1 N–H and O–H groups in total. The van der Waals surface area contributed by atoms with Gasteiger partial charge in [0.25, 0.3) is 0 Å². The van der Waals surface area contributed by atoms with Gasteiger partial charge in [-0.05, 0) is 31.7 Å². The number of amides is 1. The van der Waals surface area contributed by atoms with Gasteiger partial charge in [0.05, 0.1) is 0 Å². The average molecular weight is 247 g/mol. The third-order valence-electron chi connectivity index (χ3n) is 3.91. The highest BCUT2D eigenvalue weighted by atomic mass is 35.5. The van der Waals surface area contributed by atoms with Crippen LogP contribution in [0.5, 0.6) is 0 Å². The largest absolute Gasteiger partial charge is 0.341 e. The molecule has 1 heterocycles. The van der Waals surface area contributed by atoms with Crippen LogP contribution in [-0.2, 0) is 4.79 Å². The van der Waals surface area contributed by atoms with E-state index in [2.05, 4.69) is 5.32 Å². The van der Waals surface area contributed by atoms with Crippen molar-refractivity contribution >= 4 is 18.3 Å². The van der Waals surface area contributed by atoms with Crippen LogP contribution in [0.25, 0.3) is 0 Å². The molecule has 0 aromatic heterocycles. The van der Waals surface area contributed by atoms with E-state index in [1.807, 2.05) is 11.9 Å². The SMILES string of the molecule is CN(C(=O)CC1CCCC1)[C@H]1CCNC1.Cl. The highest BCUT2D eigenvalue weighted by Gasteiger charge is 2.26. The highest BCUT2D eigenvalue weighted by Crippen LogP contribution is 2.28. The van der Waals surface area contributed by atoms with Crippen molar-refractivity contribution in [1.82, 2.24) is 10.2 Å². The molecule has 1 aliphatic heterocycles. The number of nitrogens with zero attached hydrogens (tertiary/aromatic N) is 1. The summed E-state index contributed by atoms with van der Waals surface area (Å²) in [5.74, 6) is 1.03. The van der Waals surface area contributed by atoms with E-state index in [0.29, 0.717) is 17.9 Å². The summed E-state index contributed by atoms with van der Waals surface area (Å²) in [6, 6.07) is 0.443. The van der Waals surface area contributed by atoms with Crippen LogP contribution in [0, 0.1) is 5.92 Å². The maximum absolute atomic E-state index is 12.0. The number of likely N-dealkylation sites (N-methyl/N-ethyl adjacent to an activating group) is 1. The average Bonchev–Trinajstić information content (AvgIpc) is 2.88. The lowest BCUT2D eigenvalue weighted by atomic mass is 10.0. The Labute approximate surface area is 104 Å². The molecule has 0 spiro atoms. The molecule has 1 atom stereocenters. The summed E-state index contributed by atoms with van der Waals surface area (Å²) in [5, 5.41) is 3.31. The van der Waals surface area contributed by atoms with Gasteiger partial charge >= 0.3 is 0 Å². The van der Waals surface area contributed by atoms with Crippen molar-refractivity contribution in [2.24, 2.45) is 5.92 Å². The molecule has 1 amide bonds. The van der Waals surface area contributed by atoms with Crippen LogP contribution in [0.2, 0.25) is 0 Å². The fourth-order valence-corrected chi connectivity index (χ4v) is 2.78. The van der Waals surface area contributed by atoms with Crippen LogP contribution in [0.4, 0.5) is 0 Å². The molecule has 4 heteroatoms. The number of nitrogens with one attached hydrogen (secondary N) is 1. The van der Waals surface area contributed by atoms with Crippen molar-refractivity contribution in [1.29, 1.82) is 0 Å². The summed E-state index contributed by atoms with van der Waals surface area (Å²) in [7, 11) is 1.97. The van der Waals surface area contributed by atoms with Crippen molar-refractivity contribution in [3.05, 3.63) is 0 Å². The predicted octanol–water partition coefficient (Wildman–Crippen LogP) is 1.81. The molecular weight excluding hydrogens is 224 g/mol. The van der Waals surface area contributed by atoms with Gasteiger partial charge in [-0.1, -0.05) is 12.8 Å². The topological polar surface area (TPSA) is 32.3 Å². The van der Waals surface area contributed by atoms with Gasteiger partial charge in [0.15, 0.2) is 0 Å². The van der Waals surface area contributed by atoms with Crippen LogP contribution in [0.15, 0.2) is 0 Å². The quantitative estimate of drug-likeness (QED) is 0.824. The van der Waals surface area contributed by atoms with E-state index in [9.17, 15) is 4.79 Å². The molecule has 3 nitrogen and oxygen atoms in total. The molecule has 2 aliphatic rings. The Morgan fingerprint density at radius 3 is 2.56 bits per heavy atom. The summed E-state index contributed by atoms with van der Waals surface area (Å²) in [5.41, 5.74) is 0. The van der Waals surface area contributed by atoms with E-state index in [1.165, 1.54) is 25.7 Å². The fraction of sp³-hybridized carbons (Fsp3) is 0.917. The van der Waals surface area contributed by atoms with Gasteiger partial charge < -0.3 is 10.2 Å². The van der Waals surface area contributed by atoms with Crippen molar-refractivity contribution < 1.29 is 4.79 Å². The normalized spacial score (nSPS) is 25.4. The molecule has 0 radical (unpaired) electrons. The molecular formula is C12H23ClN2O. The predicted molar refractivity (Wildman–Crippen MR) is 67.9 cm³/mol. The van der Waals surface area contributed by atoms with Gasteiger partial charge in [0.2, 0.25) is 5.91 Å². The van der Waals surface area contributed by atoms with Crippen molar-refractivity contribution in [3.63, 3.8) is 0 Å². The van der Waals surface area contributed by atoms with Crippen molar-refractivity contribution in [2.75, 3.05) is 20.1 Å². The minimum absolute atomic E-state index is 0. The first-order valence-electron chi connectivity index (χ1n) is 6.24. The maximum Gasteiger partial charge on any atom is 0.222 e. The second kappa shape index (κ2) is 6.45. The minimum atomic E-state index is 0. The third-order valence-corrected chi connectivity index (χ3v) is 3.91. The molecule has 0 bridgehead atoms. The first kappa shape index (κ1) is 13.8. The summed E-state index contributed by atoms with van der Waals surface area (Å²) >= 11 is 0. The Hall–Kier alpha value is -0.280. The zero-order valence-electron chi connectivity index (χ0n) is 10.1. The van der Waals surface area contributed by atoms with Gasteiger partial charge in [-0.2, -0.15) is 0 Å². The lowest BCUT2D eigenvalue weighted by Gasteiger charge is -2.25. The zero-order valence-corrected chi connectivity index (χ0v) is 10.9. The Morgan fingerprint density at radius 2 is 2.00 bits per heavy atom. The molecule has 0 aromatic rings. The van der Waals surface area contributed by atoms with Gasteiger partial charge in [-0.3, -0.25) is 4.79 Å². The Balaban J connectivity index is 0.00000128. The molecule has 16 heavy (non-hydrogen) atoms. The van der Waals surface area contributed by atoms with Gasteiger partial charge in [0.1, 0.15) is 0 Å². The third kappa shape index (κ3) is 3.36. The Kier molecular flexibility index (Phi) is 5.56. The van der Waals surface area contributed by atoms with Crippen LogP contribution in [-0.4, -0.2) is 37.0 Å². The van der Waals surface area contributed by atoms with Gasteiger partial charge in [-0.15, -0.1) is 12.4 Å². The van der Waals surface area contributed by atoms with Crippen molar-refractivity contribution in [2.45, 2.75) is 44.6 Å². The molecule has 2 rings (SSSR count). The number of carbonyl (C=O) groups is 1. The number of hydrogen-bond acceptors (Lipinski definition) is 2. The highest BCUT2D eigenvalue weighted by molar-refractivity contribution is 5.85. The Morgan fingerprint density at radius 1 is 1.31 bits per heavy atom. The molecule has 0 aromatic carbocycles. The van der Waals surface area contributed by atoms with Crippen LogP contribution < -0.4 is 5.32 Å². The van der Waals surface area contributed by atoms with E-state index in [4.69, 9.17) is 0 Å². The van der Waals surface area contributed by atoms with Crippen LogP contribution in [0.1, 0.15) is 38.5 Å². The molecule has 1 saturated carbocycles. The lowest BCUT2D eigenvalue weighted by Crippen LogP contribution is -2.38. The van der Waals surface area contributed by atoms with E-state index in [-0.39, 0.29) is 12.4 Å². The standard InChI is InChI=1S/C12H22N2O.ClH/c1-14(11-6-7-13-9-11)12(15)8-10-4-2-3-5-10;/h10-11,13H,2-9H2,1H3;1H/t11-;/m0./s1. The summed E-state index contributed by atoms with van der Waals surface area (Å²) in [6.07, 6.45) is 7.09. The summed E-state index contributed by atoms with van der Waals surface area (Å²) < 4.78 is 0. The molecule has 94 valence electrons. The smallest absolute Gasteiger partial charge is 0.222 e. The molecule has 2 fully saturated rings. The fourth-order valence-electron chi connectivity index (χ4n) is 2.78. The second-order valence-corrected chi connectivity index (χ2v) is 5.01. The molecule has 1 aliphatic carbocycles. The number of halogens is 1. The first-order chi connectivity index (χ1) is 7.27. The first-order valence-corrected chi connectivity index (χ1v) is 6.24. The van der Waals surface area contributed by atoms with E-state index in [1.54, 1.807) is 0 Å². The number of carbonyl (C=O) groups excluding carboxylic acids is 1.